The molecule has 5 N–H and O–H groups in total. The molecule has 0 radical (unpaired) electrons. The van der Waals surface area contributed by atoms with E-state index in [0.717, 1.165) is 46.2 Å². The van der Waals surface area contributed by atoms with Crippen molar-refractivity contribution in [2.45, 2.75) is 38.4 Å². The van der Waals surface area contributed by atoms with E-state index in [1.54, 1.807) is 6.07 Å². The number of aromatic nitrogens is 7. The number of fused-ring (bicyclic) bond motifs is 3. The van der Waals surface area contributed by atoms with Gasteiger partial charge in [0.15, 0.2) is 5.65 Å². The van der Waals surface area contributed by atoms with Gasteiger partial charge in [-0.1, -0.05) is 30.3 Å². The fourth-order valence-electron chi connectivity index (χ4n) is 6.51. The van der Waals surface area contributed by atoms with Crippen LogP contribution in [0.3, 0.4) is 0 Å². The minimum Gasteiger partial charge on any atom is -0.394 e. The van der Waals surface area contributed by atoms with Gasteiger partial charge in [-0.3, -0.25) is 19.2 Å². The third kappa shape index (κ3) is 4.88. The zero-order chi connectivity index (χ0) is 32.2. The minimum atomic E-state index is -0.634. The third-order valence-electron chi connectivity index (χ3n) is 8.93. The smallest absolute Gasteiger partial charge is 0.270 e. The first-order valence-corrected chi connectivity index (χ1v) is 15.1. The number of benzene rings is 2. The van der Waals surface area contributed by atoms with Crippen LogP contribution in [0.1, 0.15) is 61.3 Å². The number of hydrogen-bond donors (Lipinski definition) is 4. The van der Waals surface area contributed by atoms with Gasteiger partial charge < -0.3 is 21.3 Å². The number of aryl methyl sites for hydroxylation is 1. The number of H-pyrrole nitrogens is 1. The van der Waals surface area contributed by atoms with Gasteiger partial charge >= 0.3 is 0 Å². The molecular weight excluding hydrogens is 602 g/mol. The average molecular weight is 630 g/mol. The van der Waals surface area contributed by atoms with Crippen LogP contribution in [0, 0.1) is 0 Å². The molecule has 15 nitrogen and oxygen atoms in total. The summed E-state index contributed by atoms with van der Waals surface area (Å²) in [6.45, 7) is 1.24. The molecule has 0 spiro atoms. The fraction of sp³-hybridized carbons (Fsp3) is 0.219. The van der Waals surface area contributed by atoms with Gasteiger partial charge in [0.2, 0.25) is 5.82 Å². The van der Waals surface area contributed by atoms with Crippen molar-refractivity contribution in [3.05, 3.63) is 114 Å². The number of nitrogens with one attached hydrogen (secondary N) is 3. The molecule has 234 valence electrons. The number of aromatic amines is 1. The second-order valence-electron chi connectivity index (χ2n) is 11.7. The quantitative estimate of drug-likeness (QED) is 0.183. The number of anilines is 2. The Morgan fingerprint density at radius 3 is 2.70 bits per heavy atom. The number of hydrogen-bond acceptors (Lipinski definition) is 11. The summed E-state index contributed by atoms with van der Waals surface area (Å²) < 4.78 is 1.40. The molecule has 0 fully saturated rings. The van der Waals surface area contributed by atoms with E-state index >= 15 is 0 Å². The molecule has 3 aromatic carbocycles. The number of nitrogen functional groups attached to an aromatic ring is 1. The molecule has 2 aliphatic rings. The number of tetrazole rings is 1. The Balaban J connectivity index is 0.973. The van der Waals surface area contributed by atoms with Crippen LogP contribution in [0.15, 0.2) is 64.3 Å². The van der Waals surface area contributed by atoms with Crippen LogP contribution < -0.4 is 32.1 Å². The van der Waals surface area contributed by atoms with E-state index < -0.39 is 22.7 Å². The molecule has 0 unspecified atom stereocenters. The lowest BCUT2D eigenvalue weighted by atomic mass is 9.96. The number of carbonyl (C=O) groups is 2. The van der Waals surface area contributed by atoms with Crippen molar-refractivity contribution in [1.82, 2.24) is 45.9 Å². The van der Waals surface area contributed by atoms with E-state index in [-0.39, 0.29) is 35.3 Å². The van der Waals surface area contributed by atoms with Crippen LogP contribution >= 0.6 is 0 Å². The van der Waals surface area contributed by atoms with Crippen LogP contribution in [0.2, 0.25) is 0 Å². The normalized spacial score (nSPS) is 15.5. The van der Waals surface area contributed by atoms with E-state index in [4.69, 9.17) is 5.73 Å². The highest BCUT2D eigenvalue weighted by Gasteiger charge is 2.28. The van der Waals surface area contributed by atoms with E-state index in [2.05, 4.69) is 41.3 Å². The highest BCUT2D eigenvalue weighted by Crippen LogP contribution is 2.34. The Hall–Kier alpha value is -6.25. The third-order valence-corrected chi connectivity index (χ3v) is 8.93. The molecule has 8 rings (SSSR count). The molecule has 1 atom stereocenters. The van der Waals surface area contributed by atoms with Gasteiger partial charge in [-0.2, -0.15) is 10.3 Å². The second kappa shape index (κ2) is 11.0. The van der Waals surface area contributed by atoms with Gasteiger partial charge in [0.25, 0.3) is 22.7 Å². The SMILES string of the molecule is Nc1c(N2CCc3ccc(CNC(=O)c4cc(C(=O)N[C@H]5CCc6cc(-c7nn[nH]n7)ccc65)nc5ccnn45)cc3C2)c(=O)c1=O. The molecule has 4 heterocycles. The molecule has 47 heavy (non-hydrogen) atoms. The summed E-state index contributed by atoms with van der Waals surface area (Å²) in [6.07, 6.45) is 3.72. The Morgan fingerprint density at radius 1 is 0.979 bits per heavy atom. The minimum absolute atomic E-state index is 0.0146. The van der Waals surface area contributed by atoms with Crippen LogP contribution in [-0.2, 0) is 25.9 Å². The van der Waals surface area contributed by atoms with Crippen LogP contribution in [-0.4, -0.2) is 53.6 Å². The zero-order valence-electron chi connectivity index (χ0n) is 24.9. The molecule has 0 saturated carbocycles. The number of rotatable bonds is 7. The van der Waals surface area contributed by atoms with E-state index in [1.807, 2.05) is 41.3 Å². The van der Waals surface area contributed by atoms with E-state index in [1.165, 1.54) is 16.8 Å². The van der Waals surface area contributed by atoms with Gasteiger partial charge in [-0.05, 0) is 58.4 Å². The summed E-state index contributed by atoms with van der Waals surface area (Å²) >= 11 is 0. The molecule has 2 amide bonds. The molecule has 6 aromatic rings. The monoisotopic (exact) mass is 629 g/mol. The van der Waals surface area contributed by atoms with Crippen LogP contribution in [0.5, 0.6) is 0 Å². The van der Waals surface area contributed by atoms with E-state index in [9.17, 15) is 19.2 Å². The average Bonchev–Trinajstić information content (AvgIpc) is 3.88. The zero-order valence-corrected chi connectivity index (χ0v) is 24.9. The largest absolute Gasteiger partial charge is 0.394 e. The maximum absolute atomic E-state index is 13.5. The molecule has 15 heteroatoms. The first-order valence-electron chi connectivity index (χ1n) is 15.1. The highest BCUT2D eigenvalue weighted by molar-refractivity contribution is 5.98. The Kier molecular flexibility index (Phi) is 6.59. The Labute approximate surface area is 265 Å². The predicted octanol–water partition coefficient (Wildman–Crippen LogP) is 0.998. The lowest BCUT2D eigenvalue weighted by Gasteiger charge is -2.32. The summed E-state index contributed by atoms with van der Waals surface area (Å²) in [7, 11) is 0. The maximum Gasteiger partial charge on any atom is 0.270 e. The Bertz CT molecular complexity index is 2280. The maximum atomic E-state index is 13.5. The van der Waals surface area contributed by atoms with Gasteiger partial charge in [0, 0.05) is 37.3 Å². The first-order chi connectivity index (χ1) is 22.8. The van der Waals surface area contributed by atoms with Crippen molar-refractivity contribution in [1.29, 1.82) is 0 Å². The van der Waals surface area contributed by atoms with E-state index in [0.29, 0.717) is 31.0 Å². The molecule has 0 bridgehead atoms. The fourth-order valence-corrected chi connectivity index (χ4v) is 6.51. The van der Waals surface area contributed by atoms with Gasteiger partial charge in [-0.25, -0.2) is 9.50 Å². The second-order valence-corrected chi connectivity index (χ2v) is 11.7. The number of carbonyl (C=O) groups excluding carboxylic acids is 2. The van der Waals surface area contributed by atoms with Crippen molar-refractivity contribution in [3.63, 3.8) is 0 Å². The molecule has 0 saturated heterocycles. The first kappa shape index (κ1) is 28.2. The van der Waals surface area contributed by atoms with Crippen molar-refractivity contribution >= 4 is 28.8 Å². The van der Waals surface area contributed by atoms with Crippen molar-refractivity contribution in [2.24, 2.45) is 0 Å². The number of nitrogens with two attached hydrogens (primary N) is 1. The molecule has 1 aliphatic carbocycles. The van der Waals surface area contributed by atoms with Crippen LogP contribution in [0.4, 0.5) is 11.4 Å². The highest BCUT2D eigenvalue weighted by atomic mass is 16.2. The predicted molar refractivity (Wildman–Crippen MR) is 169 cm³/mol. The standard InChI is InChI=1S/C32H27N11O4/c33-26-27(29(45)28(26)44)42-10-8-17-2-1-16(11-20(17)15-42)14-34-32(47)24-13-23(36-25-7-9-35-43(24)25)31(46)37-22-6-4-18-12-19(3-5-21(18)22)30-38-40-41-39-30/h1-3,5,7,9,11-13,22H,4,6,8,10,14-15,33H2,(H,34,47)(H,37,46)(H,38,39,40,41)/t22-/m0/s1. The van der Waals surface area contributed by atoms with Crippen molar-refractivity contribution in [3.8, 4) is 11.4 Å². The summed E-state index contributed by atoms with van der Waals surface area (Å²) in [5, 5.41) is 24.4. The van der Waals surface area contributed by atoms with Gasteiger partial charge in [-0.15, -0.1) is 10.2 Å². The number of amides is 2. The molecular formula is C32H27N11O4. The Morgan fingerprint density at radius 2 is 1.87 bits per heavy atom. The van der Waals surface area contributed by atoms with Crippen molar-refractivity contribution in [2.75, 3.05) is 17.2 Å². The summed E-state index contributed by atoms with van der Waals surface area (Å²) in [6, 6.07) is 14.7. The summed E-state index contributed by atoms with van der Waals surface area (Å²) in [4.78, 5) is 56.9. The summed E-state index contributed by atoms with van der Waals surface area (Å²) in [5.41, 5.74) is 11.5. The molecule has 3 aromatic heterocycles. The van der Waals surface area contributed by atoms with Gasteiger partial charge in [0.1, 0.15) is 22.8 Å². The van der Waals surface area contributed by atoms with Crippen LogP contribution in [0.25, 0.3) is 17.0 Å². The van der Waals surface area contributed by atoms with Gasteiger partial charge in [0.05, 0.1) is 12.2 Å². The topological polar surface area (TPSA) is 206 Å². The molecule has 1 aliphatic heterocycles. The lowest BCUT2D eigenvalue weighted by molar-refractivity contribution is 0.0931. The van der Waals surface area contributed by atoms with Crippen molar-refractivity contribution < 1.29 is 9.59 Å². The number of nitrogens with zero attached hydrogens (tertiary/aromatic N) is 7. The summed E-state index contributed by atoms with van der Waals surface area (Å²) in [5.74, 6) is -0.317. The lowest BCUT2D eigenvalue weighted by Crippen LogP contribution is -2.44.